The molecule has 4 aromatic rings. The van der Waals surface area contributed by atoms with E-state index in [-0.39, 0.29) is 11.5 Å². The number of carbonyl (C=O) groups excluding carboxylic acids is 1. The number of hydrogen-bond acceptors (Lipinski definition) is 6. The third-order valence-corrected chi connectivity index (χ3v) is 8.30. The summed E-state index contributed by atoms with van der Waals surface area (Å²) in [5.74, 6) is -0.0975. The SMILES string of the molecule is CCC(Sc1nc2ccc(N3CCOCC3)cc2c(=O)n1CCc1ccccc1)C(=O)Nc1cccc(C)c1. The summed E-state index contributed by atoms with van der Waals surface area (Å²) >= 11 is 1.36. The Morgan fingerprint density at radius 2 is 1.85 bits per heavy atom. The van der Waals surface area contributed by atoms with Gasteiger partial charge in [0.05, 0.1) is 29.4 Å². The molecule has 8 heteroatoms. The molecule has 1 aliphatic rings. The van der Waals surface area contributed by atoms with Crippen molar-refractivity contribution in [3.8, 4) is 0 Å². The fourth-order valence-electron chi connectivity index (χ4n) is 4.77. The van der Waals surface area contributed by atoms with Crippen molar-refractivity contribution in [3.05, 3.63) is 94.3 Å². The van der Waals surface area contributed by atoms with Crippen LogP contribution in [0.15, 0.2) is 82.7 Å². The lowest BCUT2D eigenvalue weighted by molar-refractivity contribution is -0.115. The zero-order chi connectivity index (χ0) is 27.2. The lowest BCUT2D eigenvalue weighted by Crippen LogP contribution is -2.36. The second kappa shape index (κ2) is 12.5. The Hall–Kier alpha value is -3.62. The number of amides is 1. The molecular formula is C31H34N4O3S. The van der Waals surface area contributed by atoms with Crippen molar-refractivity contribution in [3.63, 3.8) is 0 Å². The first-order chi connectivity index (χ1) is 19.0. The molecule has 3 aromatic carbocycles. The van der Waals surface area contributed by atoms with Gasteiger partial charge in [-0.1, -0.05) is 61.2 Å². The van der Waals surface area contributed by atoms with E-state index in [9.17, 15) is 9.59 Å². The fourth-order valence-corrected chi connectivity index (χ4v) is 5.81. The van der Waals surface area contributed by atoms with Gasteiger partial charge in [0.15, 0.2) is 5.16 Å². The highest BCUT2D eigenvalue weighted by molar-refractivity contribution is 8.00. The van der Waals surface area contributed by atoms with E-state index in [4.69, 9.17) is 9.72 Å². The number of carbonyl (C=O) groups is 1. The first kappa shape index (κ1) is 27.0. The fraction of sp³-hybridized carbons (Fsp3) is 0.323. The van der Waals surface area contributed by atoms with Crippen molar-refractivity contribution < 1.29 is 9.53 Å². The zero-order valence-electron chi connectivity index (χ0n) is 22.4. The summed E-state index contributed by atoms with van der Waals surface area (Å²) in [6, 6.07) is 23.8. The van der Waals surface area contributed by atoms with Gasteiger partial charge in [0.2, 0.25) is 5.91 Å². The zero-order valence-corrected chi connectivity index (χ0v) is 23.2. The summed E-state index contributed by atoms with van der Waals surface area (Å²) in [7, 11) is 0. The van der Waals surface area contributed by atoms with E-state index < -0.39 is 5.25 Å². The van der Waals surface area contributed by atoms with E-state index in [0.717, 1.165) is 35.6 Å². The lowest BCUT2D eigenvalue weighted by atomic mass is 10.1. The normalized spacial score (nSPS) is 14.4. The third-order valence-electron chi connectivity index (χ3n) is 6.94. The average Bonchev–Trinajstić information content (AvgIpc) is 2.96. The standard InChI is InChI=1S/C31H34N4O3S/c1-3-28(29(36)32-24-11-7-8-22(2)20-24)39-31-33-27-13-12-25(34-16-18-38-19-17-34)21-26(27)30(37)35(31)15-14-23-9-5-4-6-10-23/h4-13,20-21,28H,3,14-19H2,1-2H3,(H,32,36). The Morgan fingerprint density at radius 1 is 1.05 bits per heavy atom. The van der Waals surface area contributed by atoms with E-state index in [2.05, 4.69) is 22.3 Å². The summed E-state index contributed by atoms with van der Waals surface area (Å²) < 4.78 is 7.24. The van der Waals surface area contributed by atoms with Crippen LogP contribution in [0.2, 0.25) is 0 Å². The maximum atomic E-state index is 13.9. The molecule has 1 aromatic heterocycles. The van der Waals surface area contributed by atoms with Gasteiger partial charge in [-0.2, -0.15) is 0 Å². The number of morpholine rings is 1. The first-order valence-corrected chi connectivity index (χ1v) is 14.3. The molecule has 1 amide bonds. The lowest BCUT2D eigenvalue weighted by Gasteiger charge is -2.29. The number of ether oxygens (including phenoxy) is 1. The Balaban J connectivity index is 1.48. The number of fused-ring (bicyclic) bond motifs is 1. The molecule has 0 saturated carbocycles. The largest absolute Gasteiger partial charge is 0.378 e. The third kappa shape index (κ3) is 6.52. The highest BCUT2D eigenvalue weighted by Crippen LogP contribution is 2.28. The summed E-state index contributed by atoms with van der Waals surface area (Å²) in [5.41, 5.74) is 4.56. The van der Waals surface area contributed by atoms with Gasteiger partial charge >= 0.3 is 0 Å². The maximum absolute atomic E-state index is 13.9. The van der Waals surface area contributed by atoms with E-state index in [1.807, 2.05) is 74.5 Å². The molecule has 0 spiro atoms. The highest BCUT2D eigenvalue weighted by Gasteiger charge is 2.23. The Labute approximate surface area is 233 Å². The Kier molecular flexibility index (Phi) is 8.64. The minimum absolute atomic E-state index is 0.0810. The molecule has 1 unspecified atom stereocenters. The van der Waals surface area contributed by atoms with Gasteiger partial charge in [0.25, 0.3) is 5.56 Å². The molecule has 5 rings (SSSR count). The average molecular weight is 543 g/mol. The molecular weight excluding hydrogens is 508 g/mol. The van der Waals surface area contributed by atoms with E-state index >= 15 is 0 Å². The van der Waals surface area contributed by atoms with E-state index in [1.54, 1.807) is 4.57 Å². The van der Waals surface area contributed by atoms with Gasteiger partial charge < -0.3 is 15.0 Å². The number of aromatic nitrogens is 2. The van der Waals surface area contributed by atoms with Gasteiger partial charge in [0.1, 0.15) is 0 Å². The van der Waals surface area contributed by atoms with Crippen molar-refractivity contribution in [1.29, 1.82) is 0 Å². The predicted octanol–water partition coefficient (Wildman–Crippen LogP) is 5.29. The number of benzene rings is 3. The van der Waals surface area contributed by atoms with Gasteiger partial charge in [-0.05, 0) is 61.2 Å². The molecule has 0 aliphatic carbocycles. The van der Waals surface area contributed by atoms with E-state index in [1.165, 1.54) is 11.8 Å². The summed E-state index contributed by atoms with van der Waals surface area (Å²) in [6.45, 7) is 7.40. The van der Waals surface area contributed by atoms with Crippen LogP contribution in [0.5, 0.6) is 0 Å². The minimum atomic E-state index is -0.398. The Morgan fingerprint density at radius 3 is 2.59 bits per heavy atom. The number of nitrogens with zero attached hydrogens (tertiary/aromatic N) is 3. The number of thioether (sulfide) groups is 1. The van der Waals surface area contributed by atoms with Crippen molar-refractivity contribution in [2.75, 3.05) is 36.5 Å². The van der Waals surface area contributed by atoms with Crippen molar-refractivity contribution in [2.45, 2.75) is 43.6 Å². The molecule has 1 aliphatic heterocycles. The monoisotopic (exact) mass is 542 g/mol. The molecule has 1 fully saturated rings. The predicted molar refractivity (Wildman–Crippen MR) is 159 cm³/mol. The molecule has 39 heavy (non-hydrogen) atoms. The van der Waals surface area contributed by atoms with Crippen LogP contribution in [0.25, 0.3) is 10.9 Å². The highest BCUT2D eigenvalue weighted by atomic mass is 32.2. The molecule has 202 valence electrons. The van der Waals surface area contributed by atoms with Crippen LogP contribution in [-0.2, 0) is 22.5 Å². The van der Waals surface area contributed by atoms with Crippen molar-refractivity contribution in [2.24, 2.45) is 0 Å². The molecule has 1 saturated heterocycles. The summed E-state index contributed by atoms with van der Waals surface area (Å²) in [4.78, 5) is 34.4. The number of hydrogen-bond donors (Lipinski definition) is 1. The smallest absolute Gasteiger partial charge is 0.262 e. The quantitative estimate of drug-likeness (QED) is 0.229. The second-order valence-corrected chi connectivity index (χ2v) is 10.9. The van der Waals surface area contributed by atoms with Crippen LogP contribution >= 0.6 is 11.8 Å². The van der Waals surface area contributed by atoms with Crippen LogP contribution in [0, 0.1) is 6.92 Å². The molecule has 2 heterocycles. The number of rotatable bonds is 9. The molecule has 1 atom stereocenters. The number of aryl methyl sites for hydroxylation is 2. The van der Waals surface area contributed by atoms with Gasteiger partial charge in [-0.25, -0.2) is 4.98 Å². The van der Waals surface area contributed by atoms with Crippen molar-refractivity contribution >= 4 is 39.9 Å². The van der Waals surface area contributed by atoms with Gasteiger partial charge in [-0.15, -0.1) is 0 Å². The van der Waals surface area contributed by atoms with Crippen LogP contribution < -0.4 is 15.8 Å². The van der Waals surface area contributed by atoms with Crippen LogP contribution in [0.1, 0.15) is 24.5 Å². The van der Waals surface area contributed by atoms with Gasteiger partial charge in [0, 0.05) is 31.0 Å². The van der Waals surface area contributed by atoms with Crippen LogP contribution in [-0.4, -0.2) is 47.0 Å². The molecule has 0 bridgehead atoms. The number of nitrogens with one attached hydrogen (secondary N) is 1. The van der Waals surface area contributed by atoms with Crippen LogP contribution in [0.3, 0.4) is 0 Å². The van der Waals surface area contributed by atoms with Gasteiger partial charge in [-0.3, -0.25) is 14.2 Å². The summed E-state index contributed by atoms with van der Waals surface area (Å²) in [6.07, 6.45) is 1.29. The Bertz CT molecular complexity index is 1500. The minimum Gasteiger partial charge on any atom is -0.378 e. The second-order valence-electron chi connectivity index (χ2n) is 9.76. The summed E-state index contributed by atoms with van der Waals surface area (Å²) in [5, 5.41) is 3.79. The molecule has 0 radical (unpaired) electrons. The van der Waals surface area contributed by atoms with Crippen molar-refractivity contribution in [1.82, 2.24) is 9.55 Å². The number of anilines is 2. The topological polar surface area (TPSA) is 76.5 Å². The van der Waals surface area contributed by atoms with Crippen LogP contribution in [0.4, 0.5) is 11.4 Å². The van der Waals surface area contributed by atoms with E-state index in [0.29, 0.717) is 48.7 Å². The molecule has 1 N–H and O–H groups in total. The molecule has 7 nitrogen and oxygen atoms in total. The maximum Gasteiger partial charge on any atom is 0.262 e. The first-order valence-electron chi connectivity index (χ1n) is 13.5.